The summed E-state index contributed by atoms with van der Waals surface area (Å²) in [6.45, 7) is 19.1. The molecule has 2 heteroatoms. The van der Waals surface area contributed by atoms with Crippen LogP contribution in [0.4, 0.5) is 17.1 Å². The van der Waals surface area contributed by atoms with E-state index in [9.17, 15) is 0 Å². The maximum atomic E-state index is 6.57. The molecule has 0 saturated heterocycles. The fourth-order valence-corrected chi connectivity index (χ4v) is 11.4. The largest absolute Gasteiger partial charge is 0.489 e. The highest BCUT2D eigenvalue weighted by Gasteiger charge is 2.46. The third-order valence-corrected chi connectivity index (χ3v) is 14.6. The molecule has 10 rings (SSSR count). The standard InChI is InChI=1S/C68H65NO/c1-47(2)65(67(6,7)8)53-25-23-48(24-26-53)46-70-60-42-35-56(36-43-60)68(55-33-31-54(32-34-55)66(3,4)5)63-22-16-15-21-61(63)62-44-41-59(45-64(62)68)69(57-37-27-51(28-38-57)49-17-11-9-12-18-49)58-39-29-52(30-40-58)50-19-13-10-14-20-50/h9-45,47,65H,46H2,1-8H3. The van der Waals surface area contributed by atoms with Gasteiger partial charge in [-0.2, -0.15) is 0 Å². The van der Waals surface area contributed by atoms with Crippen molar-refractivity contribution in [3.05, 3.63) is 263 Å². The molecule has 0 heterocycles. The molecule has 0 bridgehead atoms. The summed E-state index contributed by atoms with van der Waals surface area (Å²) in [6.07, 6.45) is 0. The van der Waals surface area contributed by atoms with Crippen molar-refractivity contribution in [1.29, 1.82) is 0 Å². The van der Waals surface area contributed by atoms with Crippen molar-refractivity contribution >= 4 is 17.1 Å². The highest BCUT2D eigenvalue weighted by atomic mass is 16.5. The lowest BCUT2D eigenvalue weighted by atomic mass is 9.67. The van der Waals surface area contributed by atoms with E-state index in [2.05, 4.69) is 285 Å². The Morgan fingerprint density at radius 3 is 1.43 bits per heavy atom. The molecule has 2 nitrogen and oxygen atoms in total. The molecular formula is C68H65NO. The average Bonchev–Trinajstić information content (AvgIpc) is 3.67. The van der Waals surface area contributed by atoms with Gasteiger partial charge in [-0.1, -0.05) is 231 Å². The van der Waals surface area contributed by atoms with Crippen LogP contribution in [0, 0.1) is 11.3 Å². The van der Waals surface area contributed by atoms with Gasteiger partial charge in [0.1, 0.15) is 12.4 Å². The zero-order valence-corrected chi connectivity index (χ0v) is 42.1. The summed E-state index contributed by atoms with van der Waals surface area (Å²) in [4.78, 5) is 2.41. The highest BCUT2D eigenvalue weighted by Crippen LogP contribution is 2.57. The topological polar surface area (TPSA) is 12.5 Å². The Bertz CT molecular complexity index is 3110. The lowest BCUT2D eigenvalue weighted by Crippen LogP contribution is -2.29. The molecule has 0 spiro atoms. The average molecular weight is 912 g/mol. The lowest BCUT2D eigenvalue weighted by molar-refractivity contribution is 0.258. The number of hydrogen-bond acceptors (Lipinski definition) is 2. The van der Waals surface area contributed by atoms with Crippen LogP contribution in [0.2, 0.25) is 0 Å². The minimum Gasteiger partial charge on any atom is -0.489 e. The molecule has 70 heavy (non-hydrogen) atoms. The number of ether oxygens (including phenoxy) is 1. The van der Waals surface area contributed by atoms with Gasteiger partial charge in [0.05, 0.1) is 5.41 Å². The summed E-state index contributed by atoms with van der Waals surface area (Å²) in [5.74, 6) is 1.89. The first kappa shape index (κ1) is 46.3. The molecule has 0 radical (unpaired) electrons. The SMILES string of the molecule is CC(C)C(c1ccc(COc2ccc(C3(c4ccc(C(C)(C)C)cc4)c4ccccc4-c4ccc(N(c5ccc(-c6ccccc6)cc5)c5ccc(-c6ccccc6)cc5)cc43)cc2)cc1)C(C)(C)C. The van der Waals surface area contributed by atoms with Crippen LogP contribution in [0.25, 0.3) is 33.4 Å². The van der Waals surface area contributed by atoms with Crippen LogP contribution in [0.5, 0.6) is 5.75 Å². The van der Waals surface area contributed by atoms with Crippen molar-refractivity contribution in [3.8, 4) is 39.1 Å². The van der Waals surface area contributed by atoms with E-state index in [0.717, 1.165) is 22.8 Å². The second-order valence-electron chi connectivity index (χ2n) is 21.7. The van der Waals surface area contributed by atoms with Crippen molar-refractivity contribution in [2.45, 2.75) is 78.7 Å². The summed E-state index contributed by atoms with van der Waals surface area (Å²) in [5.41, 5.74) is 19.0. The zero-order chi connectivity index (χ0) is 48.6. The summed E-state index contributed by atoms with van der Waals surface area (Å²) < 4.78 is 6.57. The predicted molar refractivity (Wildman–Crippen MR) is 296 cm³/mol. The Hall–Kier alpha value is -7.42. The minimum atomic E-state index is -0.618. The first-order chi connectivity index (χ1) is 33.8. The third kappa shape index (κ3) is 8.88. The van der Waals surface area contributed by atoms with Gasteiger partial charge in [0.2, 0.25) is 0 Å². The Morgan fingerprint density at radius 1 is 0.443 bits per heavy atom. The van der Waals surface area contributed by atoms with E-state index >= 15 is 0 Å². The molecule has 0 fully saturated rings. The van der Waals surface area contributed by atoms with Crippen LogP contribution < -0.4 is 9.64 Å². The van der Waals surface area contributed by atoms with Crippen LogP contribution in [0.3, 0.4) is 0 Å². The Labute approximate surface area is 417 Å². The normalized spacial score (nSPS) is 14.8. The van der Waals surface area contributed by atoms with Gasteiger partial charge in [0.15, 0.2) is 0 Å². The molecule has 9 aromatic carbocycles. The lowest BCUT2D eigenvalue weighted by Gasteiger charge is -2.35. The molecule has 348 valence electrons. The fraction of sp³-hybridized carbons (Fsp3) is 0.206. The predicted octanol–water partition coefficient (Wildman–Crippen LogP) is 18.5. The zero-order valence-electron chi connectivity index (χ0n) is 42.1. The van der Waals surface area contributed by atoms with Crippen LogP contribution in [0.1, 0.15) is 100 Å². The molecule has 2 atom stereocenters. The van der Waals surface area contributed by atoms with Gasteiger partial charge in [-0.3, -0.25) is 0 Å². The van der Waals surface area contributed by atoms with E-state index in [1.807, 2.05) is 0 Å². The fourth-order valence-electron chi connectivity index (χ4n) is 11.4. The molecule has 1 aliphatic carbocycles. The Balaban J connectivity index is 1.08. The second-order valence-corrected chi connectivity index (χ2v) is 21.7. The van der Waals surface area contributed by atoms with Gasteiger partial charge in [-0.05, 0) is 144 Å². The highest BCUT2D eigenvalue weighted by molar-refractivity contribution is 5.90. The van der Waals surface area contributed by atoms with Gasteiger partial charge in [-0.15, -0.1) is 0 Å². The van der Waals surface area contributed by atoms with E-state index < -0.39 is 5.41 Å². The minimum absolute atomic E-state index is 0.0129. The van der Waals surface area contributed by atoms with E-state index in [1.54, 1.807) is 0 Å². The number of hydrogen-bond donors (Lipinski definition) is 0. The molecule has 0 saturated carbocycles. The first-order valence-corrected chi connectivity index (χ1v) is 25.1. The quantitative estimate of drug-likeness (QED) is 0.121. The van der Waals surface area contributed by atoms with Gasteiger partial charge in [0, 0.05) is 17.1 Å². The van der Waals surface area contributed by atoms with Crippen molar-refractivity contribution in [1.82, 2.24) is 0 Å². The van der Waals surface area contributed by atoms with Crippen molar-refractivity contribution in [2.24, 2.45) is 11.3 Å². The summed E-state index contributed by atoms with van der Waals surface area (Å²) in [5, 5.41) is 0. The maximum absolute atomic E-state index is 6.57. The van der Waals surface area contributed by atoms with E-state index in [1.165, 1.54) is 72.3 Å². The Kier molecular flexibility index (Phi) is 12.5. The van der Waals surface area contributed by atoms with Crippen LogP contribution in [0.15, 0.2) is 224 Å². The van der Waals surface area contributed by atoms with Crippen molar-refractivity contribution in [2.75, 3.05) is 4.90 Å². The smallest absolute Gasteiger partial charge is 0.119 e. The second kappa shape index (κ2) is 18.8. The monoisotopic (exact) mass is 912 g/mol. The number of nitrogens with zero attached hydrogens (tertiary/aromatic N) is 1. The summed E-state index contributed by atoms with van der Waals surface area (Å²) >= 11 is 0. The number of rotatable bonds is 12. The first-order valence-electron chi connectivity index (χ1n) is 25.1. The molecule has 0 aliphatic heterocycles. The Morgan fingerprint density at radius 2 is 0.914 bits per heavy atom. The van der Waals surface area contributed by atoms with Gasteiger partial charge in [0.25, 0.3) is 0 Å². The summed E-state index contributed by atoms with van der Waals surface area (Å²) in [6, 6.07) is 82.8. The third-order valence-electron chi connectivity index (χ3n) is 14.6. The van der Waals surface area contributed by atoms with Gasteiger partial charge in [-0.25, -0.2) is 0 Å². The molecule has 0 amide bonds. The molecular weight excluding hydrogens is 847 g/mol. The molecule has 1 aliphatic rings. The van der Waals surface area contributed by atoms with Crippen LogP contribution in [-0.4, -0.2) is 0 Å². The number of benzene rings is 9. The van der Waals surface area contributed by atoms with E-state index in [4.69, 9.17) is 4.74 Å². The molecule has 2 unspecified atom stereocenters. The number of fused-ring (bicyclic) bond motifs is 3. The molecule has 0 aromatic heterocycles. The van der Waals surface area contributed by atoms with E-state index in [0.29, 0.717) is 18.4 Å². The van der Waals surface area contributed by atoms with Crippen LogP contribution in [-0.2, 0) is 17.4 Å². The maximum Gasteiger partial charge on any atom is 0.119 e. The van der Waals surface area contributed by atoms with E-state index in [-0.39, 0.29) is 10.8 Å². The number of anilines is 3. The van der Waals surface area contributed by atoms with Gasteiger partial charge < -0.3 is 9.64 Å². The molecule has 0 N–H and O–H groups in total. The van der Waals surface area contributed by atoms with Crippen molar-refractivity contribution in [3.63, 3.8) is 0 Å². The molecule has 9 aromatic rings. The summed E-state index contributed by atoms with van der Waals surface area (Å²) in [7, 11) is 0. The van der Waals surface area contributed by atoms with Crippen LogP contribution >= 0.6 is 0 Å². The van der Waals surface area contributed by atoms with Crippen molar-refractivity contribution < 1.29 is 4.74 Å². The van der Waals surface area contributed by atoms with Gasteiger partial charge >= 0.3 is 0 Å².